The molecule has 8 heteroatoms. The third kappa shape index (κ3) is 2.26. The Morgan fingerprint density at radius 3 is 3.12 bits per heavy atom. The third-order valence-electron chi connectivity index (χ3n) is 2.50. The zero-order chi connectivity index (χ0) is 12.3. The predicted molar refractivity (Wildman–Crippen MR) is 54.0 cm³/mol. The summed E-state index contributed by atoms with van der Waals surface area (Å²) in [5, 5.41) is 9.60. The van der Waals surface area contributed by atoms with Crippen LogP contribution in [-0.2, 0) is 14.3 Å². The normalized spacial score (nSPS) is 20.1. The van der Waals surface area contributed by atoms with Crippen molar-refractivity contribution in [2.75, 3.05) is 26.9 Å². The lowest BCUT2D eigenvalue weighted by atomic mass is 10.2. The topological polar surface area (TPSA) is 97.4 Å². The number of morpholine rings is 1. The summed E-state index contributed by atoms with van der Waals surface area (Å²) in [6.45, 7) is 0.846. The van der Waals surface area contributed by atoms with Crippen LogP contribution in [0.4, 0.5) is 0 Å². The van der Waals surface area contributed by atoms with Crippen molar-refractivity contribution in [1.82, 2.24) is 20.3 Å². The maximum absolute atomic E-state index is 12.0. The number of rotatable bonds is 2. The standard InChI is InChI=1S/C9H12N4O4/c1-16-9(15)7-5-17-3-2-13(7)8(14)6-4-10-12-11-6/h4,7H,2-3,5H2,1H3,(H,10,11,12). The van der Waals surface area contributed by atoms with E-state index in [1.807, 2.05) is 0 Å². The summed E-state index contributed by atoms with van der Waals surface area (Å²) in [6.07, 6.45) is 1.31. The molecule has 2 heterocycles. The second-order valence-electron chi connectivity index (χ2n) is 3.47. The van der Waals surface area contributed by atoms with Crippen molar-refractivity contribution in [1.29, 1.82) is 0 Å². The lowest BCUT2D eigenvalue weighted by molar-refractivity contribution is -0.151. The molecule has 1 aliphatic rings. The second kappa shape index (κ2) is 4.91. The molecule has 0 spiro atoms. The fourth-order valence-electron chi connectivity index (χ4n) is 1.63. The van der Waals surface area contributed by atoms with Gasteiger partial charge in [0.25, 0.3) is 5.91 Å². The van der Waals surface area contributed by atoms with Crippen LogP contribution in [0.2, 0.25) is 0 Å². The fourth-order valence-corrected chi connectivity index (χ4v) is 1.63. The van der Waals surface area contributed by atoms with Crippen molar-refractivity contribution in [3.63, 3.8) is 0 Å². The summed E-state index contributed by atoms with van der Waals surface area (Å²) in [7, 11) is 1.27. The number of amides is 1. The monoisotopic (exact) mass is 240 g/mol. The van der Waals surface area contributed by atoms with Crippen LogP contribution in [0.5, 0.6) is 0 Å². The summed E-state index contributed by atoms with van der Waals surface area (Å²) in [5.41, 5.74) is 0.167. The van der Waals surface area contributed by atoms with E-state index in [2.05, 4.69) is 20.1 Å². The maximum atomic E-state index is 12.0. The molecule has 0 aliphatic carbocycles. The van der Waals surface area contributed by atoms with Crippen LogP contribution in [-0.4, -0.2) is 65.1 Å². The van der Waals surface area contributed by atoms with Gasteiger partial charge in [-0.2, -0.15) is 15.4 Å². The van der Waals surface area contributed by atoms with Gasteiger partial charge in [0.1, 0.15) is 0 Å². The molecule has 1 aromatic rings. The van der Waals surface area contributed by atoms with Crippen molar-refractivity contribution in [3.05, 3.63) is 11.9 Å². The fraction of sp³-hybridized carbons (Fsp3) is 0.556. The highest BCUT2D eigenvalue weighted by atomic mass is 16.5. The predicted octanol–water partition coefficient (Wildman–Crippen LogP) is -1.18. The summed E-state index contributed by atoms with van der Waals surface area (Å²) >= 11 is 0. The number of nitrogens with one attached hydrogen (secondary N) is 1. The highest BCUT2D eigenvalue weighted by Crippen LogP contribution is 2.11. The molecule has 1 aromatic heterocycles. The van der Waals surface area contributed by atoms with Crippen LogP contribution in [0, 0.1) is 0 Å². The van der Waals surface area contributed by atoms with E-state index in [9.17, 15) is 9.59 Å². The quantitative estimate of drug-likeness (QED) is 0.653. The number of carbonyl (C=O) groups excluding carboxylic acids is 2. The molecular weight excluding hydrogens is 228 g/mol. The Morgan fingerprint density at radius 2 is 2.47 bits per heavy atom. The molecule has 1 atom stereocenters. The summed E-state index contributed by atoms with van der Waals surface area (Å²) < 4.78 is 9.80. The van der Waals surface area contributed by atoms with E-state index in [4.69, 9.17) is 4.74 Å². The Balaban J connectivity index is 2.16. The van der Waals surface area contributed by atoms with E-state index in [1.54, 1.807) is 0 Å². The number of nitrogens with zero attached hydrogens (tertiary/aromatic N) is 3. The molecule has 1 N–H and O–H groups in total. The maximum Gasteiger partial charge on any atom is 0.331 e. The first-order chi connectivity index (χ1) is 8.24. The van der Waals surface area contributed by atoms with Crippen LogP contribution in [0.15, 0.2) is 6.20 Å². The molecule has 0 bridgehead atoms. The second-order valence-corrected chi connectivity index (χ2v) is 3.47. The molecule has 0 radical (unpaired) electrons. The van der Waals surface area contributed by atoms with Crippen molar-refractivity contribution in [2.45, 2.75) is 6.04 Å². The SMILES string of the molecule is COC(=O)C1COCCN1C(=O)c1cn[nH]n1. The molecule has 1 aliphatic heterocycles. The zero-order valence-corrected chi connectivity index (χ0v) is 9.25. The Kier molecular flexibility index (Phi) is 3.33. The smallest absolute Gasteiger partial charge is 0.331 e. The van der Waals surface area contributed by atoms with Gasteiger partial charge in [0.15, 0.2) is 11.7 Å². The van der Waals surface area contributed by atoms with Gasteiger partial charge < -0.3 is 14.4 Å². The lowest BCUT2D eigenvalue weighted by Gasteiger charge is -2.32. The summed E-state index contributed by atoms with van der Waals surface area (Å²) in [4.78, 5) is 24.9. The average Bonchev–Trinajstić information content (AvgIpc) is 2.91. The summed E-state index contributed by atoms with van der Waals surface area (Å²) in [5.74, 6) is -0.862. The minimum Gasteiger partial charge on any atom is -0.467 e. The molecule has 0 saturated carbocycles. The van der Waals surface area contributed by atoms with Crippen molar-refractivity contribution in [3.8, 4) is 0 Å². The highest BCUT2D eigenvalue weighted by molar-refractivity contribution is 5.95. The number of H-pyrrole nitrogens is 1. The van der Waals surface area contributed by atoms with Gasteiger partial charge in [-0.3, -0.25) is 4.79 Å². The Bertz CT molecular complexity index is 405. The van der Waals surface area contributed by atoms with Gasteiger partial charge in [-0.1, -0.05) is 0 Å². The molecule has 1 unspecified atom stereocenters. The van der Waals surface area contributed by atoms with Gasteiger partial charge in [0.05, 0.1) is 26.5 Å². The van der Waals surface area contributed by atoms with Gasteiger partial charge in [-0.05, 0) is 0 Å². The highest BCUT2D eigenvalue weighted by Gasteiger charge is 2.34. The number of hydrogen-bond acceptors (Lipinski definition) is 6. The molecular formula is C9H12N4O4. The van der Waals surface area contributed by atoms with E-state index in [1.165, 1.54) is 18.2 Å². The van der Waals surface area contributed by atoms with Crippen LogP contribution in [0.3, 0.4) is 0 Å². The number of aromatic amines is 1. The van der Waals surface area contributed by atoms with Gasteiger partial charge in [-0.15, -0.1) is 0 Å². The molecule has 1 fully saturated rings. The largest absolute Gasteiger partial charge is 0.467 e. The molecule has 2 rings (SSSR count). The molecule has 0 aromatic carbocycles. The first-order valence-corrected chi connectivity index (χ1v) is 5.06. The van der Waals surface area contributed by atoms with Gasteiger partial charge in [0.2, 0.25) is 0 Å². The Morgan fingerprint density at radius 1 is 1.65 bits per heavy atom. The minimum atomic E-state index is -0.724. The van der Waals surface area contributed by atoms with Crippen LogP contribution < -0.4 is 0 Å². The zero-order valence-electron chi connectivity index (χ0n) is 9.25. The van der Waals surface area contributed by atoms with E-state index >= 15 is 0 Å². The lowest BCUT2D eigenvalue weighted by Crippen LogP contribution is -2.53. The average molecular weight is 240 g/mol. The number of carbonyl (C=O) groups is 2. The molecule has 17 heavy (non-hydrogen) atoms. The Labute approximate surface area is 96.9 Å². The van der Waals surface area contributed by atoms with Gasteiger partial charge >= 0.3 is 5.97 Å². The number of esters is 1. The van der Waals surface area contributed by atoms with E-state index in [-0.39, 0.29) is 18.2 Å². The van der Waals surface area contributed by atoms with Crippen molar-refractivity contribution < 1.29 is 19.1 Å². The first-order valence-electron chi connectivity index (χ1n) is 5.06. The Hall–Kier alpha value is -1.96. The van der Waals surface area contributed by atoms with Crippen LogP contribution in [0.1, 0.15) is 10.5 Å². The van der Waals surface area contributed by atoms with E-state index in [0.29, 0.717) is 13.2 Å². The number of hydrogen-bond donors (Lipinski definition) is 1. The number of methoxy groups -OCH3 is 1. The van der Waals surface area contributed by atoms with Crippen LogP contribution >= 0.6 is 0 Å². The van der Waals surface area contributed by atoms with Gasteiger partial charge in [0, 0.05) is 6.54 Å². The number of aromatic nitrogens is 3. The van der Waals surface area contributed by atoms with Crippen molar-refractivity contribution >= 4 is 11.9 Å². The minimum absolute atomic E-state index is 0.135. The molecule has 92 valence electrons. The third-order valence-corrected chi connectivity index (χ3v) is 2.50. The summed E-state index contributed by atoms with van der Waals surface area (Å²) in [6, 6.07) is -0.724. The van der Waals surface area contributed by atoms with E-state index in [0.717, 1.165) is 0 Å². The van der Waals surface area contributed by atoms with Crippen LogP contribution in [0.25, 0.3) is 0 Å². The first kappa shape index (κ1) is 11.5. The molecule has 1 saturated heterocycles. The number of ether oxygens (including phenoxy) is 2. The molecule has 8 nitrogen and oxygen atoms in total. The van der Waals surface area contributed by atoms with E-state index < -0.39 is 12.0 Å². The van der Waals surface area contributed by atoms with Gasteiger partial charge in [-0.25, -0.2) is 4.79 Å². The van der Waals surface area contributed by atoms with Crippen molar-refractivity contribution in [2.24, 2.45) is 0 Å². The molecule has 1 amide bonds.